The number of sulfonamides is 1. The van der Waals surface area contributed by atoms with Gasteiger partial charge in [-0.3, -0.25) is 24.4 Å². The van der Waals surface area contributed by atoms with E-state index < -0.39 is 32.7 Å². The Morgan fingerprint density at radius 1 is 1.13 bits per heavy atom. The van der Waals surface area contributed by atoms with Gasteiger partial charge in [-0.25, -0.2) is 12.8 Å². The van der Waals surface area contributed by atoms with Gasteiger partial charge < -0.3 is 4.90 Å². The number of hydrogen-bond donors (Lipinski definition) is 2. The summed E-state index contributed by atoms with van der Waals surface area (Å²) in [5.41, 5.74) is 1.66. The molecule has 0 radical (unpaired) electrons. The highest BCUT2D eigenvalue weighted by molar-refractivity contribution is 7.92. The van der Waals surface area contributed by atoms with Gasteiger partial charge in [0.2, 0.25) is 11.8 Å². The zero-order valence-electron chi connectivity index (χ0n) is 15.9. The Morgan fingerprint density at radius 3 is 2.63 bits per heavy atom. The minimum Gasteiger partial charge on any atom is -0.322 e. The molecular weight excluding hydrogens is 413 g/mol. The molecule has 2 aliphatic heterocycles. The Labute approximate surface area is 172 Å². The zero-order chi connectivity index (χ0) is 21.6. The lowest BCUT2D eigenvalue weighted by atomic mass is 10.0. The van der Waals surface area contributed by atoms with E-state index in [0.29, 0.717) is 16.7 Å². The van der Waals surface area contributed by atoms with Crippen molar-refractivity contribution in [2.45, 2.75) is 37.2 Å². The van der Waals surface area contributed by atoms with E-state index in [0.717, 1.165) is 6.07 Å². The van der Waals surface area contributed by atoms with Crippen molar-refractivity contribution in [3.8, 4) is 0 Å². The third-order valence-corrected chi connectivity index (χ3v) is 6.55. The molecule has 2 aromatic carbocycles. The van der Waals surface area contributed by atoms with Gasteiger partial charge in [0.05, 0.1) is 0 Å². The number of nitrogens with zero attached hydrogens (tertiary/aromatic N) is 1. The number of halogens is 1. The van der Waals surface area contributed by atoms with Crippen molar-refractivity contribution in [1.82, 2.24) is 10.2 Å². The molecule has 0 aromatic heterocycles. The number of fused-ring (bicyclic) bond motifs is 1. The lowest BCUT2D eigenvalue weighted by molar-refractivity contribution is -0.136. The van der Waals surface area contributed by atoms with E-state index >= 15 is 0 Å². The normalized spacial score (nSPS) is 18.9. The Balaban J connectivity index is 1.58. The summed E-state index contributed by atoms with van der Waals surface area (Å²) in [7, 11) is -4.17. The van der Waals surface area contributed by atoms with Crippen LogP contribution >= 0.6 is 0 Å². The number of aryl methyl sites for hydroxylation is 1. The molecule has 2 N–H and O–H groups in total. The van der Waals surface area contributed by atoms with Gasteiger partial charge in [-0.1, -0.05) is 6.07 Å². The van der Waals surface area contributed by atoms with Crippen molar-refractivity contribution in [3.05, 3.63) is 58.9 Å². The van der Waals surface area contributed by atoms with Crippen molar-refractivity contribution in [2.75, 3.05) is 4.72 Å². The molecule has 8 nitrogen and oxygen atoms in total. The fourth-order valence-electron chi connectivity index (χ4n) is 3.66. The van der Waals surface area contributed by atoms with Crippen LogP contribution in [-0.4, -0.2) is 37.1 Å². The van der Waals surface area contributed by atoms with E-state index in [9.17, 15) is 27.2 Å². The van der Waals surface area contributed by atoms with Gasteiger partial charge in [-0.15, -0.1) is 0 Å². The van der Waals surface area contributed by atoms with Crippen LogP contribution in [0.4, 0.5) is 10.1 Å². The van der Waals surface area contributed by atoms with Crippen molar-refractivity contribution < 1.29 is 27.2 Å². The molecular formula is C20H18FN3O5S. The molecule has 2 heterocycles. The first-order valence-electron chi connectivity index (χ1n) is 9.22. The number of hydrogen-bond acceptors (Lipinski definition) is 5. The fraction of sp³-hybridized carbons (Fsp3) is 0.250. The molecule has 0 aliphatic carbocycles. The predicted molar refractivity (Wildman–Crippen MR) is 104 cm³/mol. The maximum Gasteiger partial charge on any atom is 0.264 e. The highest BCUT2D eigenvalue weighted by Gasteiger charge is 2.39. The monoisotopic (exact) mass is 431 g/mol. The Bertz CT molecular complexity index is 1190. The van der Waals surface area contributed by atoms with E-state index in [2.05, 4.69) is 10.0 Å². The van der Waals surface area contributed by atoms with Crippen LogP contribution in [0.2, 0.25) is 0 Å². The van der Waals surface area contributed by atoms with Crippen LogP contribution in [0, 0.1) is 12.7 Å². The molecule has 1 saturated heterocycles. The molecule has 30 heavy (non-hydrogen) atoms. The third-order valence-electron chi connectivity index (χ3n) is 5.15. The second-order valence-electron chi connectivity index (χ2n) is 7.31. The summed E-state index contributed by atoms with van der Waals surface area (Å²) in [4.78, 5) is 37.0. The van der Waals surface area contributed by atoms with Gasteiger partial charge in [-0.05, 0) is 54.8 Å². The summed E-state index contributed by atoms with van der Waals surface area (Å²) < 4.78 is 41.6. The smallest absolute Gasteiger partial charge is 0.264 e. The number of carbonyl (C=O) groups is 3. The topological polar surface area (TPSA) is 113 Å². The largest absolute Gasteiger partial charge is 0.322 e. The molecule has 1 fully saturated rings. The maximum absolute atomic E-state index is 14.0. The molecule has 4 rings (SSSR count). The van der Waals surface area contributed by atoms with Crippen molar-refractivity contribution in [2.24, 2.45) is 0 Å². The fourth-order valence-corrected chi connectivity index (χ4v) is 4.88. The number of benzene rings is 2. The minimum atomic E-state index is -4.17. The van der Waals surface area contributed by atoms with E-state index in [4.69, 9.17) is 0 Å². The molecule has 156 valence electrons. The van der Waals surface area contributed by atoms with Crippen LogP contribution in [0.1, 0.15) is 34.3 Å². The van der Waals surface area contributed by atoms with Crippen LogP contribution in [0.25, 0.3) is 0 Å². The van der Waals surface area contributed by atoms with Crippen LogP contribution in [0.5, 0.6) is 0 Å². The first kappa shape index (κ1) is 20.0. The number of carbonyl (C=O) groups excluding carboxylic acids is 3. The molecule has 2 aromatic rings. The first-order chi connectivity index (χ1) is 14.2. The van der Waals surface area contributed by atoms with Gasteiger partial charge in [0, 0.05) is 24.2 Å². The van der Waals surface area contributed by atoms with Gasteiger partial charge >= 0.3 is 0 Å². The van der Waals surface area contributed by atoms with Gasteiger partial charge in [-0.2, -0.15) is 0 Å². The molecule has 0 saturated carbocycles. The third kappa shape index (κ3) is 3.54. The number of amides is 3. The lowest BCUT2D eigenvalue weighted by Gasteiger charge is -2.29. The first-order valence-corrected chi connectivity index (χ1v) is 10.7. The van der Waals surface area contributed by atoms with E-state index in [1.165, 1.54) is 35.2 Å². The van der Waals surface area contributed by atoms with E-state index in [1.54, 1.807) is 6.92 Å². The summed E-state index contributed by atoms with van der Waals surface area (Å²) >= 11 is 0. The summed E-state index contributed by atoms with van der Waals surface area (Å²) in [6.07, 6.45) is 0.375. The van der Waals surface area contributed by atoms with Crippen LogP contribution in [-0.2, 0) is 26.2 Å². The molecule has 1 unspecified atom stereocenters. The summed E-state index contributed by atoms with van der Waals surface area (Å²) in [6, 6.07) is 7.40. The number of rotatable bonds is 4. The van der Waals surface area contributed by atoms with Crippen molar-refractivity contribution >= 4 is 33.4 Å². The van der Waals surface area contributed by atoms with E-state index in [-0.39, 0.29) is 36.9 Å². The summed E-state index contributed by atoms with van der Waals surface area (Å²) in [6.45, 7) is 1.76. The quantitative estimate of drug-likeness (QED) is 0.716. The SMILES string of the molecule is Cc1ccc(F)c(S(=O)(=O)Nc2ccc3c(c2)CN(C2CCC(=O)NC2=O)C3=O)c1. The standard InChI is InChI=1S/C20H18FN3O5S/c1-11-2-5-15(21)17(8-11)30(28,29)23-13-3-4-14-12(9-13)10-24(20(14)27)16-6-7-18(25)22-19(16)26/h2-5,8-9,16,23H,6-7,10H2,1H3,(H,22,25,26). The average molecular weight is 431 g/mol. The maximum atomic E-state index is 14.0. The van der Waals surface area contributed by atoms with Gasteiger partial charge in [0.1, 0.15) is 16.8 Å². The molecule has 3 amide bonds. The lowest BCUT2D eigenvalue weighted by Crippen LogP contribution is -2.52. The Kier molecular flexibility index (Phi) is 4.81. The number of nitrogens with one attached hydrogen (secondary N) is 2. The Hall–Kier alpha value is -3.27. The highest BCUT2D eigenvalue weighted by Crippen LogP contribution is 2.30. The number of imide groups is 1. The average Bonchev–Trinajstić information content (AvgIpc) is 2.99. The molecule has 0 spiro atoms. The van der Waals surface area contributed by atoms with Crippen molar-refractivity contribution in [3.63, 3.8) is 0 Å². The Morgan fingerprint density at radius 2 is 1.90 bits per heavy atom. The molecule has 2 aliphatic rings. The van der Waals surface area contributed by atoms with Crippen molar-refractivity contribution in [1.29, 1.82) is 0 Å². The van der Waals surface area contributed by atoms with E-state index in [1.807, 2.05) is 0 Å². The van der Waals surface area contributed by atoms with Crippen LogP contribution < -0.4 is 10.0 Å². The zero-order valence-corrected chi connectivity index (χ0v) is 16.8. The predicted octanol–water partition coefficient (Wildman–Crippen LogP) is 1.70. The highest BCUT2D eigenvalue weighted by atomic mass is 32.2. The number of anilines is 1. The van der Waals surface area contributed by atoms with Crippen LogP contribution in [0.3, 0.4) is 0 Å². The molecule has 0 bridgehead atoms. The molecule has 1 atom stereocenters. The van der Waals surface area contributed by atoms with Crippen LogP contribution in [0.15, 0.2) is 41.3 Å². The molecule has 10 heteroatoms. The second-order valence-corrected chi connectivity index (χ2v) is 8.96. The second kappa shape index (κ2) is 7.21. The van der Waals surface area contributed by atoms with Gasteiger partial charge in [0.15, 0.2) is 0 Å². The summed E-state index contributed by atoms with van der Waals surface area (Å²) in [5, 5.41) is 2.23. The number of piperidine rings is 1. The summed E-state index contributed by atoms with van der Waals surface area (Å²) in [5.74, 6) is -2.13. The minimum absolute atomic E-state index is 0.106. The van der Waals surface area contributed by atoms with Gasteiger partial charge in [0.25, 0.3) is 15.9 Å².